The number of nitrogens with one attached hydrogen (secondary N) is 1. The summed E-state index contributed by atoms with van der Waals surface area (Å²) in [4.78, 5) is 21.2. The minimum atomic E-state index is -0.0841. The van der Waals surface area contributed by atoms with Crippen LogP contribution in [0.4, 0.5) is 5.69 Å². The molecule has 2 aliphatic heterocycles. The Bertz CT molecular complexity index is 1070. The number of benzene rings is 2. The molecular weight excluding hydrogens is 334 g/mol. The summed E-state index contributed by atoms with van der Waals surface area (Å²) in [6, 6.07) is 16.4. The predicted octanol–water partition coefficient (Wildman–Crippen LogP) is 4.65. The maximum absolute atomic E-state index is 13.2. The number of rotatable bonds is 2. The number of aromatic nitrogens is 1. The summed E-state index contributed by atoms with van der Waals surface area (Å²) in [6.45, 7) is 5.77. The molecule has 27 heavy (non-hydrogen) atoms. The number of allylic oxidation sites excluding steroid dienone is 1. The van der Waals surface area contributed by atoms with Gasteiger partial charge in [0.15, 0.2) is 0 Å². The monoisotopic (exact) mass is 357 g/mol. The van der Waals surface area contributed by atoms with Crippen LogP contribution in [0.25, 0.3) is 10.9 Å². The van der Waals surface area contributed by atoms with Crippen molar-refractivity contribution in [3.63, 3.8) is 0 Å². The zero-order chi connectivity index (χ0) is 18.5. The zero-order valence-electron chi connectivity index (χ0n) is 15.7. The Morgan fingerprint density at radius 1 is 1.15 bits per heavy atom. The molecule has 1 N–H and O–H groups in total. The van der Waals surface area contributed by atoms with Crippen molar-refractivity contribution >= 4 is 22.5 Å². The second-order valence-corrected chi connectivity index (χ2v) is 7.64. The number of carbonyl (C=O) groups excluding carboxylic acids is 1. The van der Waals surface area contributed by atoms with Crippen molar-refractivity contribution in [2.75, 3.05) is 18.0 Å². The van der Waals surface area contributed by atoms with Gasteiger partial charge < -0.3 is 14.8 Å². The summed E-state index contributed by atoms with van der Waals surface area (Å²) in [5.74, 6) is 0.133. The molecule has 4 heteroatoms. The summed E-state index contributed by atoms with van der Waals surface area (Å²) in [5, 5.41) is 1.28. The molecule has 1 amide bonds. The second-order valence-electron chi connectivity index (χ2n) is 7.64. The minimum absolute atomic E-state index is 0.0841. The van der Waals surface area contributed by atoms with Gasteiger partial charge >= 0.3 is 0 Å². The van der Waals surface area contributed by atoms with Crippen LogP contribution in [0.5, 0.6) is 0 Å². The van der Waals surface area contributed by atoms with E-state index in [1.54, 1.807) is 0 Å². The van der Waals surface area contributed by atoms with Crippen LogP contribution >= 0.6 is 0 Å². The molecule has 136 valence electrons. The molecule has 0 aliphatic carbocycles. The van der Waals surface area contributed by atoms with Crippen LogP contribution in [0.15, 0.2) is 60.2 Å². The molecule has 2 aromatic carbocycles. The molecule has 1 aromatic heterocycles. The van der Waals surface area contributed by atoms with Crippen LogP contribution in [0.2, 0.25) is 0 Å². The fourth-order valence-electron chi connectivity index (χ4n) is 4.43. The number of carbonyl (C=O) groups is 1. The predicted molar refractivity (Wildman–Crippen MR) is 109 cm³/mol. The SMILES string of the molecule is CC(C)=CCN1c2ccccc2C(=O)N2CCc3c([nH]c4ccccc34)C21. The zero-order valence-corrected chi connectivity index (χ0v) is 15.7. The van der Waals surface area contributed by atoms with E-state index >= 15 is 0 Å². The molecule has 1 unspecified atom stereocenters. The molecule has 5 rings (SSSR count). The van der Waals surface area contributed by atoms with Crippen molar-refractivity contribution < 1.29 is 4.79 Å². The highest BCUT2D eigenvalue weighted by Crippen LogP contribution is 2.43. The molecule has 4 nitrogen and oxygen atoms in total. The summed E-state index contributed by atoms with van der Waals surface area (Å²) in [6.07, 6.45) is 3.04. The van der Waals surface area contributed by atoms with Crippen LogP contribution in [0, 0.1) is 0 Å². The Morgan fingerprint density at radius 2 is 1.93 bits per heavy atom. The molecule has 0 bridgehead atoms. The number of aromatic amines is 1. The van der Waals surface area contributed by atoms with Gasteiger partial charge in [0.25, 0.3) is 5.91 Å². The molecule has 3 aromatic rings. The third-order valence-corrected chi connectivity index (χ3v) is 5.70. The largest absolute Gasteiger partial charge is 0.355 e. The highest BCUT2D eigenvalue weighted by atomic mass is 16.2. The number of fused-ring (bicyclic) bond motifs is 6. The average Bonchev–Trinajstić information content (AvgIpc) is 3.06. The summed E-state index contributed by atoms with van der Waals surface area (Å²) in [5.41, 5.74) is 6.76. The van der Waals surface area contributed by atoms with Crippen molar-refractivity contribution in [1.82, 2.24) is 9.88 Å². The molecule has 0 fully saturated rings. The van der Waals surface area contributed by atoms with Gasteiger partial charge in [-0.2, -0.15) is 0 Å². The van der Waals surface area contributed by atoms with Gasteiger partial charge in [-0.3, -0.25) is 4.79 Å². The first kappa shape index (κ1) is 16.2. The van der Waals surface area contributed by atoms with Gasteiger partial charge in [0, 0.05) is 24.0 Å². The molecule has 0 saturated heterocycles. The fraction of sp³-hybridized carbons (Fsp3) is 0.261. The van der Waals surface area contributed by atoms with E-state index in [-0.39, 0.29) is 12.1 Å². The van der Waals surface area contributed by atoms with Crippen molar-refractivity contribution in [1.29, 1.82) is 0 Å². The maximum Gasteiger partial charge on any atom is 0.257 e. The Balaban J connectivity index is 1.72. The van der Waals surface area contributed by atoms with E-state index in [0.717, 1.165) is 42.0 Å². The van der Waals surface area contributed by atoms with Crippen molar-refractivity contribution in [3.8, 4) is 0 Å². The van der Waals surface area contributed by atoms with Crippen LogP contribution < -0.4 is 4.90 Å². The number of hydrogen-bond donors (Lipinski definition) is 1. The molecule has 2 aliphatic rings. The van der Waals surface area contributed by atoms with Crippen LogP contribution in [-0.4, -0.2) is 28.9 Å². The quantitative estimate of drug-likeness (QED) is 0.678. The molecule has 0 saturated carbocycles. The van der Waals surface area contributed by atoms with Gasteiger partial charge in [0.2, 0.25) is 0 Å². The van der Waals surface area contributed by atoms with E-state index in [2.05, 4.69) is 60.1 Å². The Kier molecular flexibility index (Phi) is 3.61. The third-order valence-electron chi connectivity index (χ3n) is 5.70. The van der Waals surface area contributed by atoms with E-state index in [1.165, 1.54) is 16.5 Å². The van der Waals surface area contributed by atoms with E-state index in [4.69, 9.17) is 0 Å². The number of H-pyrrole nitrogens is 1. The number of hydrogen-bond acceptors (Lipinski definition) is 2. The normalized spacial score (nSPS) is 18.1. The van der Waals surface area contributed by atoms with Gasteiger partial charge in [-0.1, -0.05) is 42.0 Å². The Hall–Kier alpha value is -3.01. The lowest BCUT2D eigenvalue weighted by Crippen LogP contribution is -2.52. The molecule has 0 spiro atoms. The van der Waals surface area contributed by atoms with Gasteiger partial charge in [0.05, 0.1) is 16.9 Å². The minimum Gasteiger partial charge on any atom is -0.355 e. The lowest BCUT2D eigenvalue weighted by molar-refractivity contribution is 0.0631. The van der Waals surface area contributed by atoms with E-state index in [0.29, 0.717) is 0 Å². The number of amides is 1. The summed E-state index contributed by atoms with van der Waals surface area (Å²) < 4.78 is 0. The topological polar surface area (TPSA) is 39.3 Å². The van der Waals surface area contributed by atoms with Crippen molar-refractivity contribution in [2.45, 2.75) is 26.4 Å². The first-order valence-electron chi connectivity index (χ1n) is 9.54. The molecule has 1 atom stereocenters. The number of anilines is 1. The Morgan fingerprint density at radius 3 is 2.78 bits per heavy atom. The van der Waals surface area contributed by atoms with Gasteiger partial charge in [0.1, 0.15) is 6.17 Å². The van der Waals surface area contributed by atoms with Gasteiger partial charge in [-0.25, -0.2) is 0 Å². The smallest absolute Gasteiger partial charge is 0.257 e. The molecular formula is C23H23N3O. The number of para-hydroxylation sites is 2. The summed E-state index contributed by atoms with van der Waals surface area (Å²) in [7, 11) is 0. The highest BCUT2D eigenvalue weighted by molar-refractivity contribution is 6.02. The third kappa shape index (κ3) is 2.40. The maximum atomic E-state index is 13.2. The first-order chi connectivity index (χ1) is 13.1. The van der Waals surface area contributed by atoms with E-state index < -0.39 is 0 Å². The van der Waals surface area contributed by atoms with E-state index in [1.807, 2.05) is 23.1 Å². The van der Waals surface area contributed by atoms with Crippen molar-refractivity contribution in [2.24, 2.45) is 0 Å². The van der Waals surface area contributed by atoms with Crippen LogP contribution in [0.3, 0.4) is 0 Å². The van der Waals surface area contributed by atoms with Crippen LogP contribution in [0.1, 0.15) is 41.6 Å². The van der Waals surface area contributed by atoms with Gasteiger partial charge in [-0.15, -0.1) is 0 Å². The average molecular weight is 357 g/mol. The Labute approximate surface area is 159 Å². The van der Waals surface area contributed by atoms with Gasteiger partial charge in [-0.05, 0) is 44.0 Å². The number of nitrogens with zero attached hydrogens (tertiary/aromatic N) is 2. The standard InChI is InChI=1S/C23H23N3O/c1-15(2)11-13-25-20-10-6-4-8-18(20)23(27)26-14-12-17-16-7-3-5-9-19(16)24-21(17)22(25)26/h3-11,22,24H,12-14H2,1-2H3. The second kappa shape index (κ2) is 6.02. The highest BCUT2D eigenvalue weighted by Gasteiger charge is 2.42. The van der Waals surface area contributed by atoms with E-state index in [9.17, 15) is 4.79 Å². The molecule has 3 heterocycles. The van der Waals surface area contributed by atoms with Crippen molar-refractivity contribution in [3.05, 3.63) is 77.0 Å². The lowest BCUT2D eigenvalue weighted by atomic mass is 9.95. The first-order valence-corrected chi connectivity index (χ1v) is 9.54. The fourth-order valence-corrected chi connectivity index (χ4v) is 4.43. The van der Waals surface area contributed by atoms with Crippen LogP contribution in [-0.2, 0) is 6.42 Å². The summed E-state index contributed by atoms with van der Waals surface area (Å²) >= 11 is 0. The lowest BCUT2D eigenvalue weighted by Gasteiger charge is -2.47. The molecule has 0 radical (unpaired) electrons.